The van der Waals surface area contributed by atoms with Crippen molar-refractivity contribution in [3.63, 3.8) is 0 Å². The number of hydrogen-bond acceptors (Lipinski definition) is 7. The summed E-state index contributed by atoms with van der Waals surface area (Å²) in [5.74, 6) is 0.0440. The number of nitro benzene ring substituents is 1. The first-order valence-corrected chi connectivity index (χ1v) is 11.9. The number of hydrogen-bond donors (Lipinski definition) is 2. The van der Waals surface area contributed by atoms with Crippen molar-refractivity contribution < 1.29 is 14.5 Å². The number of carbonyl (C=O) groups excluding carboxylic acids is 2. The number of nitrogens with one attached hydrogen (secondary N) is 2. The van der Waals surface area contributed by atoms with E-state index in [1.807, 2.05) is 29.7 Å². The Balaban J connectivity index is 1.54. The van der Waals surface area contributed by atoms with Crippen LogP contribution in [0.2, 0.25) is 5.02 Å². The van der Waals surface area contributed by atoms with E-state index in [0.717, 1.165) is 5.56 Å². The number of carbonyl (C=O) groups is 2. The van der Waals surface area contributed by atoms with Crippen LogP contribution in [0.3, 0.4) is 0 Å². The first-order chi connectivity index (χ1) is 16.8. The number of anilines is 1. The lowest BCUT2D eigenvalue weighted by molar-refractivity contribution is -0.384. The molecular formula is C23H23ClN6O4S. The smallest absolute Gasteiger partial charge is 0.269 e. The quantitative estimate of drug-likeness (QED) is 0.179. The fourth-order valence-electron chi connectivity index (χ4n) is 3.09. The zero-order valence-electron chi connectivity index (χ0n) is 19.0. The van der Waals surface area contributed by atoms with Crippen LogP contribution in [-0.2, 0) is 22.7 Å². The lowest BCUT2D eigenvalue weighted by Crippen LogP contribution is -2.22. The molecule has 0 aliphatic rings. The first kappa shape index (κ1) is 25.9. The average molecular weight is 515 g/mol. The number of rotatable bonds is 10. The first-order valence-electron chi connectivity index (χ1n) is 10.6. The second kappa shape index (κ2) is 12.1. The van der Waals surface area contributed by atoms with Crippen molar-refractivity contribution in [2.45, 2.75) is 32.1 Å². The predicted octanol–water partition coefficient (Wildman–Crippen LogP) is 4.23. The fraction of sp³-hybridized carbons (Fsp3) is 0.217. The monoisotopic (exact) mass is 514 g/mol. The van der Waals surface area contributed by atoms with Crippen molar-refractivity contribution in [3.05, 3.63) is 80.6 Å². The van der Waals surface area contributed by atoms with Gasteiger partial charge in [0.05, 0.1) is 17.2 Å². The number of nitrogens with zero attached hydrogens (tertiary/aromatic N) is 4. The number of aryl methyl sites for hydroxylation is 1. The third kappa shape index (κ3) is 7.14. The molecule has 0 radical (unpaired) electrons. The zero-order valence-corrected chi connectivity index (χ0v) is 20.6. The molecule has 1 heterocycles. The van der Waals surface area contributed by atoms with E-state index in [1.165, 1.54) is 36.0 Å². The van der Waals surface area contributed by atoms with E-state index in [9.17, 15) is 19.7 Å². The molecule has 0 atom stereocenters. The minimum Gasteiger partial charge on any atom is -0.345 e. The predicted molar refractivity (Wildman–Crippen MR) is 135 cm³/mol. The van der Waals surface area contributed by atoms with Crippen molar-refractivity contribution in [1.82, 2.24) is 20.1 Å². The van der Waals surface area contributed by atoms with Crippen LogP contribution in [0.1, 0.15) is 23.9 Å². The Morgan fingerprint density at radius 3 is 2.69 bits per heavy atom. The molecular weight excluding hydrogens is 492 g/mol. The van der Waals surface area contributed by atoms with Crippen LogP contribution in [0, 0.1) is 17.0 Å². The minimum atomic E-state index is -0.485. The summed E-state index contributed by atoms with van der Waals surface area (Å²) in [7, 11) is 0. The van der Waals surface area contributed by atoms with E-state index in [-0.39, 0.29) is 29.8 Å². The van der Waals surface area contributed by atoms with Gasteiger partial charge in [0.25, 0.3) is 5.69 Å². The Kier molecular flexibility index (Phi) is 8.98. The van der Waals surface area contributed by atoms with E-state index in [4.69, 9.17) is 11.6 Å². The Labute approximate surface area is 210 Å². The van der Waals surface area contributed by atoms with Gasteiger partial charge in [-0.3, -0.25) is 19.7 Å². The maximum Gasteiger partial charge on any atom is 0.269 e. The van der Waals surface area contributed by atoms with Crippen LogP contribution in [-0.4, -0.2) is 37.3 Å². The Morgan fingerprint density at radius 1 is 1.23 bits per heavy atom. The van der Waals surface area contributed by atoms with Gasteiger partial charge in [-0.1, -0.05) is 41.6 Å². The number of amides is 2. The van der Waals surface area contributed by atoms with Gasteiger partial charge >= 0.3 is 0 Å². The molecule has 3 rings (SSSR count). The molecule has 1 aromatic heterocycles. The standard InChI is InChI=1S/C23H23ClN6O4S/c1-3-29-20(13-25-21(31)11-8-16-6-4-5-7-18(16)24)27-28-23(29)35-14-22(32)26-19-10-9-17(30(33)34)12-15(19)2/h4-12H,3,13-14H2,1-2H3,(H,25,31)(H,26,32)/b11-8+. The molecule has 0 spiro atoms. The van der Waals surface area contributed by atoms with Gasteiger partial charge in [0, 0.05) is 35.5 Å². The van der Waals surface area contributed by atoms with Crippen LogP contribution in [0.5, 0.6) is 0 Å². The van der Waals surface area contributed by atoms with Gasteiger partial charge in [0.1, 0.15) is 0 Å². The minimum absolute atomic E-state index is 0.0371. The number of benzene rings is 2. The van der Waals surface area contributed by atoms with Gasteiger partial charge in [0.15, 0.2) is 11.0 Å². The molecule has 0 saturated heterocycles. The molecule has 35 heavy (non-hydrogen) atoms. The summed E-state index contributed by atoms with van der Waals surface area (Å²) in [5, 5.41) is 25.7. The van der Waals surface area contributed by atoms with Gasteiger partial charge in [-0.25, -0.2) is 0 Å². The largest absolute Gasteiger partial charge is 0.345 e. The summed E-state index contributed by atoms with van der Waals surface area (Å²) in [6, 6.07) is 11.4. The third-order valence-electron chi connectivity index (χ3n) is 4.88. The molecule has 182 valence electrons. The van der Waals surface area contributed by atoms with E-state index >= 15 is 0 Å². The highest BCUT2D eigenvalue weighted by Gasteiger charge is 2.15. The van der Waals surface area contributed by atoms with Crippen molar-refractivity contribution >= 4 is 52.6 Å². The highest BCUT2D eigenvalue weighted by Crippen LogP contribution is 2.22. The summed E-state index contributed by atoms with van der Waals surface area (Å²) >= 11 is 7.29. The molecule has 0 aliphatic heterocycles. The van der Waals surface area contributed by atoms with Crippen LogP contribution in [0.15, 0.2) is 53.7 Å². The number of non-ortho nitro benzene ring substituents is 1. The van der Waals surface area contributed by atoms with Crippen LogP contribution in [0.25, 0.3) is 6.08 Å². The Hall–Kier alpha value is -3.70. The number of nitro groups is 1. The summed E-state index contributed by atoms with van der Waals surface area (Å²) < 4.78 is 1.81. The topological polar surface area (TPSA) is 132 Å². The van der Waals surface area contributed by atoms with Crippen molar-refractivity contribution in [1.29, 1.82) is 0 Å². The molecule has 0 bridgehead atoms. The van der Waals surface area contributed by atoms with Crippen LogP contribution in [0.4, 0.5) is 11.4 Å². The molecule has 2 amide bonds. The van der Waals surface area contributed by atoms with Gasteiger partial charge in [0.2, 0.25) is 11.8 Å². The number of thioether (sulfide) groups is 1. The third-order valence-corrected chi connectivity index (χ3v) is 6.19. The normalized spacial score (nSPS) is 10.9. The van der Waals surface area contributed by atoms with Crippen molar-refractivity contribution in [3.8, 4) is 0 Å². The Bertz CT molecular complexity index is 1280. The van der Waals surface area contributed by atoms with Crippen molar-refractivity contribution in [2.75, 3.05) is 11.1 Å². The summed E-state index contributed by atoms with van der Waals surface area (Å²) in [5.41, 5.74) is 1.80. The highest BCUT2D eigenvalue weighted by molar-refractivity contribution is 7.99. The molecule has 2 N–H and O–H groups in total. The average Bonchev–Trinajstić information content (AvgIpc) is 3.23. The lowest BCUT2D eigenvalue weighted by atomic mass is 10.2. The summed E-state index contributed by atoms with van der Waals surface area (Å²) in [4.78, 5) is 35.0. The number of halogens is 1. The zero-order chi connectivity index (χ0) is 25.4. The van der Waals surface area contributed by atoms with Gasteiger partial charge in [-0.05, 0) is 43.2 Å². The molecule has 2 aromatic carbocycles. The molecule has 10 nitrogen and oxygen atoms in total. The molecule has 3 aromatic rings. The Morgan fingerprint density at radius 2 is 2.00 bits per heavy atom. The van der Waals surface area contributed by atoms with E-state index < -0.39 is 4.92 Å². The molecule has 12 heteroatoms. The molecule has 0 fully saturated rings. The number of aromatic nitrogens is 3. The van der Waals surface area contributed by atoms with E-state index in [0.29, 0.717) is 33.8 Å². The molecule has 0 aliphatic carbocycles. The molecule has 0 unspecified atom stereocenters. The second-order valence-corrected chi connectivity index (χ2v) is 8.66. The maximum absolute atomic E-state index is 12.4. The van der Waals surface area contributed by atoms with Crippen molar-refractivity contribution in [2.24, 2.45) is 0 Å². The lowest BCUT2D eigenvalue weighted by Gasteiger charge is -2.09. The van der Waals surface area contributed by atoms with Gasteiger partial charge in [-0.2, -0.15) is 0 Å². The maximum atomic E-state index is 12.4. The SMILES string of the molecule is CCn1c(CNC(=O)/C=C/c2ccccc2Cl)nnc1SCC(=O)Nc1ccc([N+](=O)[O-])cc1C. The van der Waals surface area contributed by atoms with E-state index in [1.54, 1.807) is 19.1 Å². The van der Waals surface area contributed by atoms with Crippen LogP contribution < -0.4 is 10.6 Å². The van der Waals surface area contributed by atoms with Gasteiger partial charge < -0.3 is 15.2 Å². The second-order valence-electron chi connectivity index (χ2n) is 7.31. The van der Waals surface area contributed by atoms with E-state index in [2.05, 4.69) is 20.8 Å². The highest BCUT2D eigenvalue weighted by atomic mass is 35.5. The fourth-order valence-corrected chi connectivity index (χ4v) is 4.11. The van der Waals surface area contributed by atoms with Gasteiger partial charge in [-0.15, -0.1) is 10.2 Å². The van der Waals surface area contributed by atoms with Crippen LogP contribution >= 0.6 is 23.4 Å². The summed E-state index contributed by atoms with van der Waals surface area (Å²) in [6.45, 7) is 4.32. The molecule has 0 saturated carbocycles. The summed E-state index contributed by atoms with van der Waals surface area (Å²) in [6.07, 6.45) is 3.03.